The van der Waals surface area contributed by atoms with Gasteiger partial charge in [-0.05, 0) is 48.2 Å². The van der Waals surface area contributed by atoms with E-state index in [1.807, 2.05) is 54.6 Å². The number of benzene rings is 2. The summed E-state index contributed by atoms with van der Waals surface area (Å²) in [5, 5.41) is 13.3. The molecule has 2 aliphatic heterocycles. The Bertz CT molecular complexity index is 1190. The molecule has 0 radical (unpaired) electrons. The fraction of sp³-hybridized carbons (Fsp3) is 0.345. The number of fused-ring (bicyclic) bond motifs is 1. The van der Waals surface area contributed by atoms with Gasteiger partial charge in [0.1, 0.15) is 6.10 Å². The normalized spacial score (nSPS) is 23.9. The molecular weight excluding hydrogens is 470 g/mol. The van der Waals surface area contributed by atoms with Gasteiger partial charge in [-0.15, -0.1) is 0 Å². The van der Waals surface area contributed by atoms with E-state index in [0.29, 0.717) is 18.4 Å². The van der Waals surface area contributed by atoms with Crippen LogP contribution in [0.25, 0.3) is 11.1 Å². The number of amides is 2. The van der Waals surface area contributed by atoms with Crippen LogP contribution in [0.2, 0.25) is 0 Å². The first kappa shape index (κ1) is 25.1. The van der Waals surface area contributed by atoms with Crippen molar-refractivity contribution in [3.8, 4) is 11.1 Å². The van der Waals surface area contributed by atoms with Crippen LogP contribution in [-0.2, 0) is 14.3 Å². The van der Waals surface area contributed by atoms with E-state index in [9.17, 15) is 14.7 Å². The first-order valence-electron chi connectivity index (χ1n) is 12.6. The minimum Gasteiger partial charge on any atom is -0.389 e. The van der Waals surface area contributed by atoms with Crippen molar-refractivity contribution in [2.45, 2.75) is 43.6 Å². The Kier molecular flexibility index (Phi) is 7.89. The molecule has 2 N–H and O–H groups in total. The minimum absolute atomic E-state index is 0.122. The third-order valence-electron chi connectivity index (χ3n) is 6.86. The molecule has 2 amide bonds. The van der Waals surface area contributed by atoms with Crippen molar-refractivity contribution < 1.29 is 24.2 Å². The van der Waals surface area contributed by atoms with Crippen molar-refractivity contribution in [1.82, 2.24) is 9.88 Å². The van der Waals surface area contributed by atoms with Crippen LogP contribution in [0.4, 0.5) is 5.69 Å². The molecule has 0 aliphatic carbocycles. The van der Waals surface area contributed by atoms with Crippen molar-refractivity contribution in [2.24, 2.45) is 0 Å². The van der Waals surface area contributed by atoms with Gasteiger partial charge in [-0.3, -0.25) is 14.6 Å². The molecule has 2 saturated heterocycles. The third-order valence-corrected chi connectivity index (χ3v) is 6.86. The van der Waals surface area contributed by atoms with Crippen molar-refractivity contribution >= 4 is 17.5 Å². The van der Waals surface area contributed by atoms with Crippen LogP contribution in [-0.4, -0.2) is 70.9 Å². The second kappa shape index (κ2) is 11.6. The van der Waals surface area contributed by atoms with Crippen molar-refractivity contribution in [1.29, 1.82) is 0 Å². The topological polar surface area (TPSA) is 101 Å². The predicted octanol–water partition coefficient (Wildman–Crippen LogP) is 3.53. The number of aliphatic hydroxyl groups is 1. The van der Waals surface area contributed by atoms with Gasteiger partial charge in [-0.25, -0.2) is 0 Å². The molecule has 8 heteroatoms. The number of hydrogen-bond acceptors (Lipinski definition) is 6. The molecule has 2 fully saturated rings. The van der Waals surface area contributed by atoms with Crippen LogP contribution in [0.15, 0.2) is 79.1 Å². The van der Waals surface area contributed by atoms with Crippen molar-refractivity contribution in [3.05, 3.63) is 84.7 Å². The fourth-order valence-corrected chi connectivity index (χ4v) is 5.03. The Morgan fingerprint density at radius 1 is 0.946 bits per heavy atom. The van der Waals surface area contributed by atoms with Gasteiger partial charge in [-0.2, -0.15) is 0 Å². The van der Waals surface area contributed by atoms with Crippen molar-refractivity contribution in [2.75, 3.05) is 25.1 Å². The van der Waals surface area contributed by atoms with E-state index in [0.717, 1.165) is 16.8 Å². The maximum absolute atomic E-state index is 13.3. The quantitative estimate of drug-likeness (QED) is 0.555. The van der Waals surface area contributed by atoms with Crippen molar-refractivity contribution in [3.63, 3.8) is 0 Å². The lowest BCUT2D eigenvalue weighted by molar-refractivity contribution is -0.149. The maximum Gasteiger partial charge on any atom is 0.254 e. The highest BCUT2D eigenvalue weighted by molar-refractivity contribution is 5.94. The summed E-state index contributed by atoms with van der Waals surface area (Å²) in [5.41, 5.74) is 3.45. The molecular formula is C29H31N3O5. The Balaban J connectivity index is 1.20. The van der Waals surface area contributed by atoms with E-state index in [-0.39, 0.29) is 56.2 Å². The Morgan fingerprint density at radius 2 is 1.68 bits per heavy atom. The van der Waals surface area contributed by atoms with E-state index in [2.05, 4.69) is 10.3 Å². The molecule has 0 saturated carbocycles. The van der Waals surface area contributed by atoms with Crippen LogP contribution in [0, 0.1) is 0 Å². The number of anilines is 1. The number of hydrogen-bond donors (Lipinski definition) is 2. The second-order valence-corrected chi connectivity index (χ2v) is 9.52. The second-order valence-electron chi connectivity index (χ2n) is 9.52. The predicted molar refractivity (Wildman–Crippen MR) is 139 cm³/mol. The first-order chi connectivity index (χ1) is 18.1. The number of rotatable bonds is 5. The molecule has 0 spiro atoms. The van der Waals surface area contributed by atoms with Crippen LogP contribution in [0.3, 0.4) is 0 Å². The van der Waals surface area contributed by atoms with Gasteiger partial charge in [0, 0.05) is 30.2 Å². The van der Waals surface area contributed by atoms with E-state index in [1.165, 1.54) is 0 Å². The molecule has 2 aliphatic rings. The summed E-state index contributed by atoms with van der Waals surface area (Å²) in [7, 11) is 0. The summed E-state index contributed by atoms with van der Waals surface area (Å²) >= 11 is 0. The van der Waals surface area contributed by atoms with Gasteiger partial charge in [-0.1, -0.05) is 42.5 Å². The highest BCUT2D eigenvalue weighted by Gasteiger charge is 2.40. The number of carbonyl (C=O) groups is 2. The number of β-amino-alcohol motifs (C(OH)–C–C–N with tert-alkyl or cyclic N) is 1. The molecule has 37 heavy (non-hydrogen) atoms. The van der Waals surface area contributed by atoms with E-state index < -0.39 is 6.10 Å². The number of nitrogens with zero attached hydrogens (tertiary/aromatic N) is 2. The minimum atomic E-state index is -0.775. The third kappa shape index (κ3) is 6.22. The lowest BCUT2D eigenvalue weighted by Crippen LogP contribution is -2.57. The van der Waals surface area contributed by atoms with Gasteiger partial charge < -0.3 is 24.8 Å². The fourth-order valence-electron chi connectivity index (χ4n) is 5.03. The molecule has 192 valence electrons. The van der Waals surface area contributed by atoms with Gasteiger partial charge in [0.05, 0.1) is 37.9 Å². The Morgan fingerprint density at radius 3 is 2.43 bits per heavy atom. The molecule has 8 nitrogen and oxygen atoms in total. The van der Waals surface area contributed by atoms with Gasteiger partial charge in [0.15, 0.2) is 0 Å². The summed E-state index contributed by atoms with van der Waals surface area (Å²) < 4.78 is 12.0. The summed E-state index contributed by atoms with van der Waals surface area (Å²) in [5.74, 6) is -0.292. The smallest absolute Gasteiger partial charge is 0.254 e. The lowest BCUT2D eigenvalue weighted by Gasteiger charge is -2.44. The Labute approximate surface area is 216 Å². The molecule has 0 bridgehead atoms. The molecule has 3 heterocycles. The summed E-state index contributed by atoms with van der Waals surface area (Å²) in [6, 6.07) is 20.9. The average molecular weight is 502 g/mol. The summed E-state index contributed by atoms with van der Waals surface area (Å²) in [4.78, 5) is 31.7. The SMILES string of the molecule is O=C(C[C@H]1CC[C@H]2[C@@H](COC[C@@H](O)CN2C(=O)c2ccncc2)O1)Nc1ccc(-c2ccccc2)cc1. The molecule has 1 aromatic heterocycles. The van der Waals surface area contributed by atoms with Gasteiger partial charge >= 0.3 is 0 Å². The molecule has 5 rings (SSSR count). The Hall–Kier alpha value is -3.59. The van der Waals surface area contributed by atoms with Gasteiger partial charge in [0.25, 0.3) is 5.91 Å². The molecule has 0 unspecified atom stereocenters. The van der Waals surface area contributed by atoms with Crippen LogP contribution < -0.4 is 5.32 Å². The highest BCUT2D eigenvalue weighted by atomic mass is 16.5. The van der Waals surface area contributed by atoms with E-state index in [4.69, 9.17) is 9.47 Å². The molecule has 2 aromatic carbocycles. The number of aromatic nitrogens is 1. The average Bonchev–Trinajstić information content (AvgIpc) is 2.92. The molecule has 4 atom stereocenters. The number of nitrogens with one attached hydrogen (secondary N) is 1. The highest BCUT2D eigenvalue weighted by Crippen LogP contribution is 2.29. The zero-order chi connectivity index (χ0) is 25.6. The first-order valence-corrected chi connectivity index (χ1v) is 12.6. The number of pyridine rings is 1. The summed E-state index contributed by atoms with van der Waals surface area (Å²) in [6.07, 6.45) is 3.21. The zero-order valence-electron chi connectivity index (χ0n) is 20.5. The largest absolute Gasteiger partial charge is 0.389 e. The van der Waals surface area contributed by atoms with E-state index in [1.54, 1.807) is 29.4 Å². The standard InChI is InChI=1S/C29H31N3O5/c33-24-17-32(29(35)22-12-14-30-15-13-22)26-11-10-25(37-27(26)19-36-18-24)16-28(34)31-23-8-6-21(7-9-23)20-4-2-1-3-5-20/h1-9,12-15,24-27,33H,10-11,16-19H2,(H,31,34)/t24-,25+,26-,27+/m0/s1. The van der Waals surface area contributed by atoms with Crippen LogP contribution in [0.1, 0.15) is 29.6 Å². The van der Waals surface area contributed by atoms with Gasteiger partial charge in [0.2, 0.25) is 5.91 Å². The zero-order valence-corrected chi connectivity index (χ0v) is 20.5. The number of carbonyl (C=O) groups excluding carboxylic acids is 2. The lowest BCUT2D eigenvalue weighted by atomic mass is 9.94. The maximum atomic E-state index is 13.3. The number of ether oxygens (including phenoxy) is 2. The number of aliphatic hydroxyl groups excluding tert-OH is 1. The van der Waals surface area contributed by atoms with E-state index >= 15 is 0 Å². The van der Waals surface area contributed by atoms with Crippen LogP contribution >= 0.6 is 0 Å². The molecule has 3 aromatic rings. The summed E-state index contributed by atoms with van der Waals surface area (Å²) in [6.45, 7) is 0.535. The monoisotopic (exact) mass is 501 g/mol. The van der Waals surface area contributed by atoms with Crippen LogP contribution in [0.5, 0.6) is 0 Å².